The molecule has 2 N–H and O–H groups in total. The molecule has 0 bridgehead atoms. The Hall–Kier alpha value is -1.60. The van der Waals surface area contributed by atoms with Crippen LogP contribution in [0.15, 0.2) is 12.3 Å². The van der Waals surface area contributed by atoms with Crippen LogP contribution in [0.2, 0.25) is 0 Å². The highest BCUT2D eigenvalue weighted by Crippen LogP contribution is 2.61. The van der Waals surface area contributed by atoms with Gasteiger partial charge in [-0.3, -0.25) is 4.98 Å². The van der Waals surface area contributed by atoms with Crippen LogP contribution in [0.3, 0.4) is 0 Å². The summed E-state index contributed by atoms with van der Waals surface area (Å²) < 4.78 is 29.6. The van der Waals surface area contributed by atoms with Gasteiger partial charge in [0.1, 0.15) is 5.52 Å². The zero-order valence-corrected chi connectivity index (χ0v) is 17.2. The standard InChI is InChI=1S/C22H30F2N4O/c1-21(12-22(21,23)24)19-9-16-20(28(19)2)27-17(10-25-16)15-5-3-4-14(8-13-6-7-13)18(11-29)26-15/h9-10,13-15,18,26,29H,3-8,11-12H2,1-2H3/t14-,15+,18-,21?/m0/s1. The van der Waals surface area contributed by atoms with Crippen molar-refractivity contribution in [2.24, 2.45) is 18.9 Å². The third kappa shape index (κ3) is 3.26. The van der Waals surface area contributed by atoms with Crippen molar-refractivity contribution in [3.05, 3.63) is 23.7 Å². The molecule has 0 spiro atoms. The van der Waals surface area contributed by atoms with Crippen molar-refractivity contribution in [3.63, 3.8) is 0 Å². The molecule has 2 aromatic heterocycles. The van der Waals surface area contributed by atoms with E-state index in [4.69, 9.17) is 4.98 Å². The third-order valence-electron chi connectivity index (χ3n) is 7.51. The van der Waals surface area contributed by atoms with Crippen LogP contribution in [0.5, 0.6) is 0 Å². The van der Waals surface area contributed by atoms with E-state index in [0.717, 1.165) is 30.9 Å². The lowest BCUT2D eigenvalue weighted by atomic mass is 9.90. The number of rotatable bonds is 5. The summed E-state index contributed by atoms with van der Waals surface area (Å²) in [6.07, 6.45) is 8.67. The zero-order chi connectivity index (χ0) is 20.4. The first-order chi connectivity index (χ1) is 13.8. The van der Waals surface area contributed by atoms with Crippen LogP contribution < -0.4 is 5.32 Å². The Morgan fingerprint density at radius 2 is 2.03 bits per heavy atom. The fourth-order valence-corrected chi connectivity index (χ4v) is 5.23. The number of aliphatic hydroxyl groups excluding tert-OH is 1. The van der Waals surface area contributed by atoms with Gasteiger partial charge in [0, 0.05) is 25.2 Å². The summed E-state index contributed by atoms with van der Waals surface area (Å²) in [7, 11) is 1.80. The first kappa shape index (κ1) is 19.4. The van der Waals surface area contributed by atoms with Gasteiger partial charge in [0.25, 0.3) is 5.92 Å². The fraction of sp³-hybridized carbons (Fsp3) is 0.727. The molecule has 0 aromatic carbocycles. The van der Waals surface area contributed by atoms with Crippen LogP contribution in [0.1, 0.15) is 69.3 Å². The summed E-state index contributed by atoms with van der Waals surface area (Å²) in [6.45, 7) is 1.74. The van der Waals surface area contributed by atoms with Gasteiger partial charge in [-0.25, -0.2) is 13.8 Å². The minimum Gasteiger partial charge on any atom is -0.395 e. The van der Waals surface area contributed by atoms with E-state index in [2.05, 4.69) is 10.3 Å². The SMILES string of the molecule is Cn1c(C2(C)CC2(F)F)cc2ncc([C@H]3CCC[C@@H](CC4CC4)[C@H](CO)N3)nc21. The van der Waals surface area contributed by atoms with E-state index in [9.17, 15) is 13.9 Å². The summed E-state index contributed by atoms with van der Waals surface area (Å²) in [5.74, 6) is -1.31. The molecule has 4 atom stereocenters. The smallest absolute Gasteiger partial charge is 0.260 e. The second-order valence-electron chi connectivity index (χ2n) is 9.68. The molecule has 2 aromatic rings. The second-order valence-corrected chi connectivity index (χ2v) is 9.68. The molecule has 158 valence electrons. The highest BCUT2D eigenvalue weighted by Gasteiger charge is 2.70. The second kappa shape index (κ2) is 6.71. The monoisotopic (exact) mass is 404 g/mol. The molecule has 3 aliphatic rings. The van der Waals surface area contributed by atoms with Crippen molar-refractivity contribution in [3.8, 4) is 0 Å². The summed E-state index contributed by atoms with van der Waals surface area (Å²) in [4.78, 5) is 9.38. The van der Waals surface area contributed by atoms with Crippen LogP contribution >= 0.6 is 0 Å². The number of aromatic nitrogens is 3. The van der Waals surface area contributed by atoms with Crippen molar-refractivity contribution in [2.45, 2.75) is 75.3 Å². The summed E-state index contributed by atoms with van der Waals surface area (Å²) in [5.41, 5.74) is 1.63. The highest BCUT2D eigenvalue weighted by molar-refractivity contribution is 5.74. The minimum atomic E-state index is -2.66. The lowest BCUT2D eigenvalue weighted by Crippen LogP contribution is -2.40. The molecule has 7 heteroatoms. The van der Waals surface area contributed by atoms with E-state index in [0.29, 0.717) is 22.8 Å². The highest BCUT2D eigenvalue weighted by atomic mass is 19.3. The molecule has 1 saturated heterocycles. The first-order valence-corrected chi connectivity index (χ1v) is 10.9. The largest absolute Gasteiger partial charge is 0.395 e. The number of halogens is 2. The van der Waals surface area contributed by atoms with Gasteiger partial charge in [-0.2, -0.15) is 0 Å². The summed E-state index contributed by atoms with van der Waals surface area (Å²) >= 11 is 0. The van der Waals surface area contributed by atoms with Crippen LogP contribution in [0.25, 0.3) is 11.2 Å². The van der Waals surface area contributed by atoms with E-state index in [1.807, 2.05) is 0 Å². The summed E-state index contributed by atoms with van der Waals surface area (Å²) in [6, 6.07) is 1.87. The van der Waals surface area contributed by atoms with Gasteiger partial charge in [0.2, 0.25) is 0 Å². The van der Waals surface area contributed by atoms with Crippen LogP contribution in [0, 0.1) is 11.8 Å². The molecule has 5 nitrogen and oxygen atoms in total. The van der Waals surface area contributed by atoms with Gasteiger partial charge in [-0.15, -0.1) is 0 Å². The van der Waals surface area contributed by atoms with Gasteiger partial charge in [-0.05, 0) is 44.1 Å². The Morgan fingerprint density at radius 3 is 2.69 bits per heavy atom. The van der Waals surface area contributed by atoms with Crippen molar-refractivity contribution in [2.75, 3.05) is 6.61 Å². The third-order valence-corrected chi connectivity index (χ3v) is 7.51. The maximum atomic E-state index is 13.9. The topological polar surface area (TPSA) is 63.0 Å². The molecule has 0 radical (unpaired) electrons. The molecule has 5 rings (SSSR count). The molecule has 1 aliphatic heterocycles. The number of nitrogens with zero attached hydrogens (tertiary/aromatic N) is 3. The fourth-order valence-electron chi connectivity index (χ4n) is 5.23. The zero-order valence-electron chi connectivity index (χ0n) is 17.2. The van der Waals surface area contributed by atoms with Crippen molar-refractivity contribution in [1.82, 2.24) is 19.9 Å². The maximum absolute atomic E-state index is 13.9. The minimum absolute atomic E-state index is 0.0320. The van der Waals surface area contributed by atoms with Gasteiger partial charge >= 0.3 is 0 Å². The average molecular weight is 405 g/mol. The average Bonchev–Trinajstić information content (AvgIpc) is 3.57. The lowest BCUT2D eigenvalue weighted by molar-refractivity contribution is 0.0904. The van der Waals surface area contributed by atoms with Gasteiger partial charge in [0.15, 0.2) is 5.65 Å². The van der Waals surface area contributed by atoms with Crippen molar-refractivity contribution < 1.29 is 13.9 Å². The first-order valence-electron chi connectivity index (χ1n) is 10.9. The maximum Gasteiger partial charge on any atom is 0.260 e. The quantitative estimate of drug-likeness (QED) is 0.795. The van der Waals surface area contributed by atoms with Crippen LogP contribution in [-0.4, -0.2) is 38.2 Å². The van der Waals surface area contributed by atoms with E-state index >= 15 is 0 Å². The van der Waals surface area contributed by atoms with Crippen LogP contribution in [-0.2, 0) is 12.5 Å². The number of aryl methyl sites for hydroxylation is 1. The number of alkyl halides is 2. The van der Waals surface area contributed by atoms with Crippen LogP contribution in [0.4, 0.5) is 8.78 Å². The van der Waals surface area contributed by atoms with E-state index in [-0.39, 0.29) is 25.1 Å². The summed E-state index contributed by atoms with van der Waals surface area (Å²) in [5, 5.41) is 13.6. The van der Waals surface area contributed by atoms with E-state index in [1.54, 1.807) is 30.8 Å². The molecule has 0 amide bonds. The molecular weight excluding hydrogens is 374 g/mol. The Balaban J connectivity index is 1.42. The normalized spacial score (nSPS) is 34.3. The van der Waals surface area contributed by atoms with E-state index in [1.165, 1.54) is 19.3 Å². The molecule has 2 saturated carbocycles. The van der Waals surface area contributed by atoms with Crippen molar-refractivity contribution in [1.29, 1.82) is 0 Å². The number of hydrogen-bond acceptors (Lipinski definition) is 4. The van der Waals surface area contributed by atoms with Gasteiger partial charge in [-0.1, -0.05) is 19.3 Å². The predicted octanol–water partition coefficient (Wildman–Crippen LogP) is 3.86. The Bertz CT molecular complexity index is 925. The Labute approximate surface area is 169 Å². The molecule has 2 aliphatic carbocycles. The van der Waals surface area contributed by atoms with Gasteiger partial charge < -0.3 is 15.0 Å². The molecule has 1 unspecified atom stereocenters. The molecule has 29 heavy (non-hydrogen) atoms. The number of hydrogen-bond donors (Lipinski definition) is 2. The molecule has 3 fully saturated rings. The number of aliphatic hydroxyl groups is 1. The number of nitrogens with one attached hydrogen (secondary N) is 1. The Morgan fingerprint density at radius 1 is 1.28 bits per heavy atom. The van der Waals surface area contributed by atoms with E-state index < -0.39 is 11.3 Å². The molecule has 3 heterocycles. The number of fused-ring (bicyclic) bond motifs is 1. The lowest BCUT2D eigenvalue weighted by Gasteiger charge is -2.26. The van der Waals surface area contributed by atoms with Gasteiger partial charge in [0.05, 0.1) is 30.0 Å². The Kier molecular flexibility index (Phi) is 4.48. The molecular formula is C22H30F2N4O. The predicted molar refractivity (Wildman–Crippen MR) is 107 cm³/mol. The van der Waals surface area contributed by atoms with Crippen molar-refractivity contribution >= 4 is 11.2 Å².